The quantitative estimate of drug-likeness (QED) is 0.168. The summed E-state index contributed by atoms with van der Waals surface area (Å²) < 4.78 is 63.5. The predicted molar refractivity (Wildman–Crippen MR) is 126 cm³/mol. The van der Waals surface area contributed by atoms with E-state index in [0.29, 0.717) is 0 Å². The van der Waals surface area contributed by atoms with Crippen LogP contribution in [-0.4, -0.2) is 116 Å². The van der Waals surface area contributed by atoms with Crippen LogP contribution in [0.5, 0.6) is 0 Å². The maximum absolute atomic E-state index is 11.3. The SMILES string of the molecule is NC(=O)[C@@H]1CSCN1CCSSCCN1CSC[C@H]1C(N)=O.O=C(O)C(F)(F)F.O=C(O)C(F)(F)F. The fraction of sp³-hybridized carbons (Fsp3) is 0.750. The first-order valence-electron chi connectivity index (χ1n) is 9.55. The van der Waals surface area contributed by atoms with Crippen LogP contribution in [0.25, 0.3) is 0 Å². The number of nitrogens with two attached hydrogens (primary N) is 2. The van der Waals surface area contributed by atoms with Gasteiger partial charge in [0.25, 0.3) is 0 Å². The summed E-state index contributed by atoms with van der Waals surface area (Å²) in [6.45, 7) is 1.78. The van der Waals surface area contributed by atoms with Crippen LogP contribution >= 0.6 is 45.1 Å². The molecule has 0 bridgehead atoms. The molecular weight excluding hydrogens is 586 g/mol. The highest BCUT2D eigenvalue weighted by Crippen LogP contribution is 2.26. The Morgan fingerprint density at radius 2 is 1.03 bits per heavy atom. The molecule has 0 aromatic rings. The molecule has 36 heavy (non-hydrogen) atoms. The van der Waals surface area contributed by atoms with E-state index in [1.165, 1.54) is 0 Å². The van der Waals surface area contributed by atoms with Crippen molar-refractivity contribution in [3.05, 3.63) is 0 Å². The van der Waals surface area contributed by atoms with E-state index in [-0.39, 0.29) is 23.9 Å². The molecule has 0 aliphatic carbocycles. The summed E-state index contributed by atoms with van der Waals surface area (Å²) in [6, 6.07) is -0.206. The number of amides is 2. The molecule has 20 heteroatoms. The third-order valence-corrected chi connectivity index (χ3v) is 8.59. The average molecular weight is 611 g/mol. The minimum Gasteiger partial charge on any atom is -0.475 e. The number of hydrogen-bond donors (Lipinski definition) is 4. The maximum Gasteiger partial charge on any atom is 0.490 e. The Bertz CT molecular complexity index is 689. The molecule has 2 atom stereocenters. The van der Waals surface area contributed by atoms with E-state index >= 15 is 0 Å². The smallest absolute Gasteiger partial charge is 0.475 e. The number of thioether (sulfide) groups is 2. The van der Waals surface area contributed by atoms with Crippen molar-refractivity contribution in [3.8, 4) is 0 Å². The number of primary amides is 2. The summed E-state index contributed by atoms with van der Waals surface area (Å²) in [4.78, 5) is 44.7. The minimum absolute atomic E-state index is 0.103. The molecule has 10 nitrogen and oxygen atoms in total. The molecule has 2 rings (SSSR count). The number of rotatable bonds is 9. The molecule has 0 aromatic carbocycles. The number of hydrogen-bond acceptors (Lipinski definition) is 10. The van der Waals surface area contributed by atoms with E-state index in [1.807, 2.05) is 21.6 Å². The molecule has 2 fully saturated rings. The number of nitrogens with zero attached hydrogens (tertiary/aromatic N) is 2. The molecule has 210 valence electrons. The number of halogens is 6. The van der Waals surface area contributed by atoms with Gasteiger partial charge in [-0.05, 0) is 0 Å². The number of carboxylic acids is 2. The fourth-order valence-corrected chi connectivity index (χ4v) is 6.85. The Morgan fingerprint density at radius 3 is 1.25 bits per heavy atom. The van der Waals surface area contributed by atoms with Crippen LogP contribution in [0.2, 0.25) is 0 Å². The monoisotopic (exact) mass is 610 g/mol. The van der Waals surface area contributed by atoms with Crippen LogP contribution in [0, 0.1) is 0 Å². The van der Waals surface area contributed by atoms with E-state index in [1.54, 1.807) is 23.5 Å². The summed E-state index contributed by atoms with van der Waals surface area (Å²) >= 11 is 3.53. The normalized spacial score (nSPS) is 20.6. The second-order valence-electron chi connectivity index (χ2n) is 6.71. The Morgan fingerprint density at radius 1 is 0.750 bits per heavy atom. The molecule has 0 radical (unpaired) electrons. The van der Waals surface area contributed by atoms with Crippen molar-refractivity contribution in [2.45, 2.75) is 24.4 Å². The average Bonchev–Trinajstić information content (AvgIpc) is 3.39. The van der Waals surface area contributed by atoms with Gasteiger partial charge in [0.05, 0.1) is 12.1 Å². The molecule has 2 heterocycles. The van der Waals surface area contributed by atoms with Crippen LogP contribution < -0.4 is 11.5 Å². The molecule has 6 N–H and O–H groups in total. The number of carbonyl (C=O) groups excluding carboxylic acids is 2. The number of carboxylic acid groups (broad SMARTS) is 2. The number of alkyl halides is 6. The summed E-state index contributed by atoms with van der Waals surface area (Å²) in [5.41, 5.74) is 10.8. The fourth-order valence-electron chi connectivity index (χ4n) is 2.35. The lowest BCUT2D eigenvalue weighted by Crippen LogP contribution is -2.43. The van der Waals surface area contributed by atoms with Gasteiger partial charge >= 0.3 is 24.3 Å². The molecule has 2 aliphatic heterocycles. The second kappa shape index (κ2) is 16.6. The Hall–Kier alpha value is -1.22. The second-order valence-corrected chi connectivity index (χ2v) is 11.4. The van der Waals surface area contributed by atoms with E-state index in [9.17, 15) is 35.9 Å². The van der Waals surface area contributed by atoms with Gasteiger partial charge in [0.15, 0.2) is 0 Å². The minimum atomic E-state index is -5.08. The van der Waals surface area contributed by atoms with Gasteiger partial charge in [0.2, 0.25) is 11.8 Å². The zero-order valence-corrected chi connectivity index (χ0v) is 21.6. The van der Waals surface area contributed by atoms with Crippen molar-refractivity contribution in [3.63, 3.8) is 0 Å². The molecule has 0 unspecified atom stereocenters. The molecule has 2 aliphatic rings. The van der Waals surface area contributed by atoms with Crippen molar-refractivity contribution in [1.82, 2.24) is 9.80 Å². The summed E-state index contributed by atoms with van der Waals surface area (Å²) in [5, 5.41) is 14.2. The van der Waals surface area contributed by atoms with Crippen LogP contribution in [0.3, 0.4) is 0 Å². The van der Waals surface area contributed by atoms with Crippen LogP contribution in [0.15, 0.2) is 0 Å². The van der Waals surface area contributed by atoms with E-state index in [2.05, 4.69) is 9.80 Å². The predicted octanol–water partition coefficient (Wildman–Crippen LogP) is 1.35. The first-order valence-corrected chi connectivity index (χ1v) is 14.3. The highest BCUT2D eigenvalue weighted by Gasteiger charge is 2.39. The highest BCUT2D eigenvalue weighted by atomic mass is 33.1. The lowest BCUT2D eigenvalue weighted by molar-refractivity contribution is -0.193. The summed E-state index contributed by atoms with van der Waals surface area (Å²) in [6.07, 6.45) is -10.2. The summed E-state index contributed by atoms with van der Waals surface area (Å²) in [7, 11) is 3.62. The maximum atomic E-state index is 11.3. The first-order chi connectivity index (χ1) is 16.5. The van der Waals surface area contributed by atoms with Gasteiger partial charge in [-0.2, -0.15) is 26.3 Å². The van der Waals surface area contributed by atoms with Gasteiger partial charge in [-0.25, -0.2) is 9.59 Å². The first kappa shape index (κ1) is 34.8. The molecule has 0 aromatic heterocycles. The van der Waals surface area contributed by atoms with Gasteiger partial charge in [-0.3, -0.25) is 19.4 Å². The molecule has 2 amide bonds. The van der Waals surface area contributed by atoms with Crippen molar-refractivity contribution in [1.29, 1.82) is 0 Å². The lowest BCUT2D eigenvalue weighted by atomic mass is 10.3. The van der Waals surface area contributed by atoms with Crippen molar-refractivity contribution in [2.75, 3.05) is 47.9 Å². The number of carbonyl (C=O) groups is 4. The summed E-state index contributed by atoms with van der Waals surface area (Å²) in [5.74, 6) is -0.582. The molecular formula is C16H24F6N4O6S4. The molecule has 0 spiro atoms. The van der Waals surface area contributed by atoms with Gasteiger partial charge in [0.1, 0.15) is 0 Å². The zero-order chi connectivity index (χ0) is 28.1. The standard InChI is InChI=1S/C12H22N4O2S4.2C2HF3O2/c13-11(17)9-5-19-7-15(9)1-3-21-22-4-2-16-8-20-6-10(16)12(14)18;2*3-2(4,5)1(6)7/h9-10H,1-8H2,(H2,13,17)(H2,14,18);2*(H,6,7)/t9-,10-;;/m0../s1. The van der Waals surface area contributed by atoms with Crippen molar-refractivity contribution >= 4 is 68.9 Å². The van der Waals surface area contributed by atoms with Crippen molar-refractivity contribution < 1.29 is 55.7 Å². The van der Waals surface area contributed by atoms with Gasteiger partial charge in [-0.1, -0.05) is 21.6 Å². The Balaban J connectivity index is 0.000000720. The zero-order valence-electron chi connectivity index (χ0n) is 18.3. The third-order valence-electron chi connectivity index (χ3n) is 4.10. The third kappa shape index (κ3) is 14.5. The Kier molecular flexibility index (Phi) is 16.0. The Labute approximate surface area is 218 Å². The van der Waals surface area contributed by atoms with Crippen LogP contribution in [0.1, 0.15) is 0 Å². The van der Waals surface area contributed by atoms with E-state index in [4.69, 9.17) is 31.3 Å². The topological polar surface area (TPSA) is 167 Å². The molecule has 2 saturated heterocycles. The van der Waals surface area contributed by atoms with E-state index < -0.39 is 24.3 Å². The highest BCUT2D eigenvalue weighted by molar-refractivity contribution is 8.76. The number of aliphatic carboxylic acids is 2. The van der Waals surface area contributed by atoms with E-state index in [0.717, 1.165) is 47.9 Å². The van der Waals surface area contributed by atoms with Gasteiger partial charge < -0.3 is 21.7 Å². The van der Waals surface area contributed by atoms with Crippen LogP contribution in [0.4, 0.5) is 26.3 Å². The largest absolute Gasteiger partial charge is 0.490 e. The van der Waals surface area contributed by atoms with Gasteiger partial charge in [-0.15, -0.1) is 23.5 Å². The lowest BCUT2D eigenvalue weighted by Gasteiger charge is -2.21. The van der Waals surface area contributed by atoms with Crippen molar-refractivity contribution in [2.24, 2.45) is 11.5 Å². The molecule has 0 saturated carbocycles. The van der Waals surface area contributed by atoms with Crippen LogP contribution in [-0.2, 0) is 19.2 Å². The van der Waals surface area contributed by atoms with Gasteiger partial charge in [0, 0.05) is 47.9 Å².